The molecule has 0 aliphatic carbocycles. The number of aliphatic carboxylic acids is 1. The van der Waals surface area contributed by atoms with Crippen LogP contribution in [0.5, 0.6) is 0 Å². The van der Waals surface area contributed by atoms with E-state index in [1.54, 1.807) is 4.90 Å². The van der Waals surface area contributed by atoms with Crippen molar-refractivity contribution in [2.24, 2.45) is 5.92 Å². The maximum absolute atomic E-state index is 12.1. The Morgan fingerprint density at radius 3 is 2.95 bits per heavy atom. The number of carbonyl (C=O) groups excluding carboxylic acids is 1. The molecule has 2 heterocycles. The number of aromatic amines is 1. The van der Waals surface area contributed by atoms with Gasteiger partial charge in [-0.05, 0) is 18.8 Å². The number of amides is 1. The first-order valence-corrected chi connectivity index (χ1v) is 6.12. The molecule has 1 aliphatic heterocycles. The molecule has 1 saturated heterocycles. The van der Waals surface area contributed by atoms with Crippen LogP contribution in [-0.2, 0) is 4.79 Å². The molecular weight excluding hydrogens is 250 g/mol. The van der Waals surface area contributed by atoms with Crippen molar-refractivity contribution < 1.29 is 14.7 Å². The van der Waals surface area contributed by atoms with E-state index in [2.05, 4.69) is 9.97 Å². The van der Waals surface area contributed by atoms with E-state index < -0.39 is 5.97 Å². The first-order chi connectivity index (χ1) is 9.06. The Hall–Kier alpha value is -2.18. The van der Waals surface area contributed by atoms with E-state index in [0.29, 0.717) is 19.5 Å². The van der Waals surface area contributed by atoms with E-state index in [1.165, 1.54) is 6.20 Å². The summed E-state index contributed by atoms with van der Waals surface area (Å²) in [6.45, 7) is 1.15. The average Bonchev–Trinajstić information content (AvgIpc) is 2.85. The number of carboxylic acid groups (broad SMARTS) is 1. The van der Waals surface area contributed by atoms with Gasteiger partial charge in [0.15, 0.2) is 0 Å². The van der Waals surface area contributed by atoms with Crippen LogP contribution >= 0.6 is 0 Å². The number of aromatic nitrogens is 2. The Labute approximate surface area is 109 Å². The Balaban J connectivity index is 1.93. The number of hydrogen-bond acceptors (Lipinski definition) is 4. The normalized spacial score (nSPS) is 18.5. The second-order valence-corrected chi connectivity index (χ2v) is 4.63. The Kier molecular flexibility index (Phi) is 3.94. The standard InChI is InChI=1S/C12H15N3O4/c16-10-6-13-9(5-14-10)12(19)15-4-3-8(7-15)1-2-11(17)18/h5-6,8H,1-4,7H2,(H,14,16)(H,17,18). The SMILES string of the molecule is O=C(O)CCC1CCN(C(=O)c2c[nH]c(=O)cn2)C1. The van der Waals surface area contributed by atoms with Gasteiger partial charge in [-0.3, -0.25) is 14.4 Å². The van der Waals surface area contributed by atoms with Crippen LogP contribution in [0, 0.1) is 5.92 Å². The fourth-order valence-electron chi connectivity index (χ4n) is 2.20. The molecule has 1 amide bonds. The molecule has 102 valence electrons. The van der Waals surface area contributed by atoms with Crippen molar-refractivity contribution in [1.82, 2.24) is 14.9 Å². The van der Waals surface area contributed by atoms with Crippen molar-refractivity contribution in [2.45, 2.75) is 19.3 Å². The van der Waals surface area contributed by atoms with Crippen LogP contribution in [0.25, 0.3) is 0 Å². The summed E-state index contributed by atoms with van der Waals surface area (Å²) in [5, 5.41) is 8.63. The van der Waals surface area contributed by atoms with Crippen LogP contribution < -0.4 is 5.56 Å². The summed E-state index contributed by atoms with van der Waals surface area (Å²) in [5.74, 6) is -0.816. The molecule has 0 bridgehead atoms. The van der Waals surface area contributed by atoms with Gasteiger partial charge < -0.3 is 15.0 Å². The molecule has 0 aromatic carbocycles. The lowest BCUT2D eigenvalue weighted by Gasteiger charge is -2.15. The molecule has 0 radical (unpaired) electrons. The van der Waals surface area contributed by atoms with Gasteiger partial charge in [0.1, 0.15) is 5.69 Å². The molecule has 1 unspecified atom stereocenters. The molecule has 2 N–H and O–H groups in total. The quantitative estimate of drug-likeness (QED) is 0.803. The summed E-state index contributed by atoms with van der Waals surface area (Å²) in [5.41, 5.74) is -0.143. The molecular formula is C12H15N3O4. The maximum Gasteiger partial charge on any atom is 0.303 e. The van der Waals surface area contributed by atoms with Crippen LogP contribution in [0.3, 0.4) is 0 Å². The molecule has 0 spiro atoms. The monoisotopic (exact) mass is 265 g/mol. The van der Waals surface area contributed by atoms with E-state index in [9.17, 15) is 14.4 Å². The molecule has 1 aromatic heterocycles. The van der Waals surface area contributed by atoms with Crippen molar-refractivity contribution in [1.29, 1.82) is 0 Å². The van der Waals surface area contributed by atoms with Crippen molar-refractivity contribution in [3.05, 3.63) is 28.4 Å². The summed E-state index contributed by atoms with van der Waals surface area (Å²) in [6.07, 6.45) is 3.89. The van der Waals surface area contributed by atoms with E-state index in [1.807, 2.05) is 0 Å². The number of likely N-dealkylation sites (tertiary alicyclic amines) is 1. The summed E-state index contributed by atoms with van der Waals surface area (Å²) in [6, 6.07) is 0. The molecule has 7 heteroatoms. The molecule has 0 saturated carbocycles. The molecule has 19 heavy (non-hydrogen) atoms. The minimum atomic E-state index is -0.813. The minimum Gasteiger partial charge on any atom is -0.481 e. The van der Waals surface area contributed by atoms with Gasteiger partial charge in [0.05, 0.1) is 6.20 Å². The second kappa shape index (κ2) is 5.64. The van der Waals surface area contributed by atoms with Crippen LogP contribution in [-0.4, -0.2) is 44.9 Å². The minimum absolute atomic E-state index is 0.129. The third kappa shape index (κ3) is 3.40. The molecule has 2 rings (SSSR count). The van der Waals surface area contributed by atoms with Gasteiger partial charge in [-0.15, -0.1) is 0 Å². The third-order valence-corrected chi connectivity index (χ3v) is 3.23. The Morgan fingerprint density at radius 2 is 2.32 bits per heavy atom. The van der Waals surface area contributed by atoms with E-state index in [4.69, 9.17) is 5.11 Å². The Morgan fingerprint density at radius 1 is 1.53 bits per heavy atom. The van der Waals surface area contributed by atoms with Crippen molar-refractivity contribution in [3.63, 3.8) is 0 Å². The smallest absolute Gasteiger partial charge is 0.303 e. The molecule has 1 atom stereocenters. The van der Waals surface area contributed by atoms with Crippen LogP contribution in [0.15, 0.2) is 17.2 Å². The predicted molar refractivity (Wildman–Crippen MR) is 65.7 cm³/mol. The number of nitrogens with one attached hydrogen (secondary N) is 1. The van der Waals surface area contributed by atoms with Gasteiger partial charge in [-0.2, -0.15) is 0 Å². The number of carbonyl (C=O) groups is 2. The fraction of sp³-hybridized carbons (Fsp3) is 0.500. The van der Waals surface area contributed by atoms with Gasteiger partial charge in [0.25, 0.3) is 11.5 Å². The van der Waals surface area contributed by atoms with Crippen LogP contribution in [0.2, 0.25) is 0 Å². The molecule has 1 aliphatic rings. The highest BCUT2D eigenvalue weighted by molar-refractivity contribution is 5.92. The third-order valence-electron chi connectivity index (χ3n) is 3.23. The lowest BCUT2D eigenvalue weighted by atomic mass is 10.0. The van der Waals surface area contributed by atoms with Gasteiger partial charge in [0.2, 0.25) is 0 Å². The maximum atomic E-state index is 12.1. The lowest BCUT2D eigenvalue weighted by Crippen LogP contribution is -2.30. The largest absolute Gasteiger partial charge is 0.481 e. The molecule has 1 fully saturated rings. The van der Waals surface area contributed by atoms with Crippen LogP contribution in [0.4, 0.5) is 0 Å². The van der Waals surface area contributed by atoms with E-state index >= 15 is 0 Å². The van der Waals surface area contributed by atoms with Gasteiger partial charge in [-0.1, -0.05) is 0 Å². The first kappa shape index (κ1) is 13.3. The molecule has 7 nitrogen and oxygen atoms in total. The summed E-state index contributed by atoms with van der Waals surface area (Å²) < 4.78 is 0. The summed E-state index contributed by atoms with van der Waals surface area (Å²) >= 11 is 0. The van der Waals surface area contributed by atoms with E-state index in [-0.39, 0.29) is 29.5 Å². The summed E-state index contributed by atoms with van der Waals surface area (Å²) in [4.78, 5) is 41.3. The van der Waals surface area contributed by atoms with Crippen molar-refractivity contribution >= 4 is 11.9 Å². The number of H-pyrrole nitrogens is 1. The van der Waals surface area contributed by atoms with Gasteiger partial charge in [0, 0.05) is 25.7 Å². The highest BCUT2D eigenvalue weighted by atomic mass is 16.4. The lowest BCUT2D eigenvalue weighted by molar-refractivity contribution is -0.137. The van der Waals surface area contributed by atoms with Crippen LogP contribution in [0.1, 0.15) is 29.8 Å². The highest BCUT2D eigenvalue weighted by Crippen LogP contribution is 2.22. The first-order valence-electron chi connectivity index (χ1n) is 6.12. The number of hydrogen-bond donors (Lipinski definition) is 2. The van der Waals surface area contributed by atoms with E-state index in [0.717, 1.165) is 12.6 Å². The zero-order valence-corrected chi connectivity index (χ0v) is 10.3. The number of carboxylic acids is 1. The fourth-order valence-corrected chi connectivity index (χ4v) is 2.20. The van der Waals surface area contributed by atoms with Gasteiger partial charge in [-0.25, -0.2) is 4.98 Å². The van der Waals surface area contributed by atoms with Gasteiger partial charge >= 0.3 is 5.97 Å². The average molecular weight is 265 g/mol. The van der Waals surface area contributed by atoms with Crippen molar-refractivity contribution in [2.75, 3.05) is 13.1 Å². The zero-order chi connectivity index (χ0) is 13.8. The van der Waals surface area contributed by atoms with Crippen molar-refractivity contribution in [3.8, 4) is 0 Å². The highest BCUT2D eigenvalue weighted by Gasteiger charge is 2.27. The molecule has 1 aromatic rings. The number of rotatable bonds is 4. The second-order valence-electron chi connectivity index (χ2n) is 4.63. The summed E-state index contributed by atoms with van der Waals surface area (Å²) in [7, 11) is 0. The number of nitrogens with zero attached hydrogens (tertiary/aromatic N) is 2. The zero-order valence-electron chi connectivity index (χ0n) is 10.3. The Bertz CT molecular complexity index is 520. The topological polar surface area (TPSA) is 103 Å². The predicted octanol–water partition coefficient (Wildman–Crippen LogP) is 0.0968.